The number of aliphatic carboxylic acids is 1. The normalized spacial score (nSPS) is 35.4. The van der Waals surface area contributed by atoms with E-state index in [2.05, 4.69) is 5.32 Å². The molecular weight excluding hydrogens is 186 g/mol. The molecule has 0 saturated carbocycles. The number of hydrogen-bond acceptors (Lipinski definition) is 4. The molecule has 5 nitrogen and oxygen atoms in total. The van der Waals surface area contributed by atoms with Gasteiger partial charge >= 0.3 is 0 Å². The Balaban J connectivity index is 2.85. The van der Waals surface area contributed by atoms with E-state index in [0.29, 0.717) is 0 Å². The van der Waals surface area contributed by atoms with Crippen LogP contribution in [0.4, 0.5) is 0 Å². The van der Waals surface area contributed by atoms with Crippen molar-refractivity contribution in [2.45, 2.75) is 32.9 Å². The number of carboxylic acid groups (broad SMARTS) is 1. The van der Waals surface area contributed by atoms with Crippen LogP contribution in [0.2, 0.25) is 0 Å². The summed E-state index contributed by atoms with van der Waals surface area (Å²) in [6.07, 6.45) is -0.872. The molecule has 0 aromatic heterocycles. The highest BCUT2D eigenvalue weighted by atomic mass is 16.4. The molecule has 1 amide bonds. The summed E-state index contributed by atoms with van der Waals surface area (Å²) in [5.41, 5.74) is -1.01. The molecule has 2 N–H and O–H groups in total. The van der Waals surface area contributed by atoms with Gasteiger partial charge in [0.05, 0.1) is 17.6 Å². The molecule has 2 unspecified atom stereocenters. The second-order valence-corrected chi connectivity index (χ2v) is 4.02. The maximum Gasteiger partial charge on any atom is 0.230 e. The number of nitrogens with one attached hydrogen (secondary N) is 1. The Morgan fingerprint density at radius 3 is 2.43 bits per heavy atom. The zero-order chi connectivity index (χ0) is 11.1. The molecule has 0 aromatic carbocycles. The van der Waals surface area contributed by atoms with Crippen molar-refractivity contribution in [2.75, 3.05) is 0 Å². The van der Waals surface area contributed by atoms with Crippen LogP contribution in [0.3, 0.4) is 0 Å². The second-order valence-electron chi connectivity index (χ2n) is 4.02. The molecule has 0 bridgehead atoms. The number of β-lactam (4-membered cyclic amide) rings is 1. The molecule has 1 heterocycles. The van der Waals surface area contributed by atoms with Crippen LogP contribution in [0.5, 0.6) is 0 Å². The van der Waals surface area contributed by atoms with Gasteiger partial charge in [0.15, 0.2) is 0 Å². The van der Waals surface area contributed by atoms with Gasteiger partial charge in [-0.3, -0.25) is 4.79 Å². The molecule has 0 spiro atoms. The van der Waals surface area contributed by atoms with Gasteiger partial charge in [0.25, 0.3) is 0 Å². The van der Waals surface area contributed by atoms with Crippen molar-refractivity contribution < 1.29 is 19.8 Å². The molecule has 14 heavy (non-hydrogen) atoms. The minimum Gasteiger partial charge on any atom is -0.550 e. The predicted octanol–water partition coefficient (Wildman–Crippen LogP) is -1.74. The van der Waals surface area contributed by atoms with E-state index in [1.807, 2.05) is 0 Å². The summed E-state index contributed by atoms with van der Waals surface area (Å²) >= 11 is 0. The smallest absolute Gasteiger partial charge is 0.230 e. The fourth-order valence-electron chi connectivity index (χ4n) is 1.74. The highest BCUT2D eigenvalue weighted by molar-refractivity contribution is 5.92. The van der Waals surface area contributed by atoms with Crippen molar-refractivity contribution in [3.63, 3.8) is 0 Å². The largest absolute Gasteiger partial charge is 0.550 e. The Morgan fingerprint density at radius 1 is 1.64 bits per heavy atom. The van der Waals surface area contributed by atoms with Gasteiger partial charge in [0.2, 0.25) is 5.91 Å². The van der Waals surface area contributed by atoms with E-state index in [-0.39, 0.29) is 5.91 Å². The summed E-state index contributed by atoms with van der Waals surface area (Å²) < 4.78 is 0. The molecule has 0 aromatic rings. The minimum atomic E-state index is -1.22. The molecule has 1 aliphatic heterocycles. The lowest BCUT2D eigenvalue weighted by molar-refractivity contribution is -0.313. The van der Waals surface area contributed by atoms with Gasteiger partial charge in [0.1, 0.15) is 0 Å². The molecule has 1 fully saturated rings. The molecule has 1 rings (SSSR count). The summed E-state index contributed by atoms with van der Waals surface area (Å²) in [4.78, 5) is 21.9. The highest BCUT2D eigenvalue weighted by Crippen LogP contribution is 2.38. The maximum absolute atomic E-state index is 11.2. The number of carbonyl (C=O) groups is 2. The lowest BCUT2D eigenvalue weighted by atomic mass is 9.66. The van der Waals surface area contributed by atoms with Gasteiger partial charge in [0, 0.05) is 11.9 Å². The Kier molecular flexibility index (Phi) is 2.54. The molecule has 80 valence electrons. The van der Waals surface area contributed by atoms with Crippen molar-refractivity contribution in [3.8, 4) is 0 Å². The summed E-state index contributed by atoms with van der Waals surface area (Å²) in [5, 5.41) is 22.5. The van der Waals surface area contributed by atoms with Crippen LogP contribution in [0.15, 0.2) is 0 Å². The number of aliphatic hydroxyl groups excluding tert-OH is 1. The third kappa shape index (κ3) is 1.28. The Morgan fingerprint density at radius 2 is 2.14 bits per heavy atom. The van der Waals surface area contributed by atoms with E-state index >= 15 is 0 Å². The standard InChI is InChI=1S/C9H15NO4/c1-4(7(12)13)6-9(3,5(2)11)8(14)10-6/h4-6,11H,1-3H3,(H,10,14)(H,12,13)/p-1/t4?,5-,6?,9+/m0/s1. The van der Waals surface area contributed by atoms with Gasteiger partial charge in [-0.05, 0) is 13.8 Å². The van der Waals surface area contributed by atoms with E-state index < -0.39 is 29.4 Å². The van der Waals surface area contributed by atoms with Crippen molar-refractivity contribution >= 4 is 11.9 Å². The van der Waals surface area contributed by atoms with Crippen molar-refractivity contribution in [1.29, 1.82) is 0 Å². The van der Waals surface area contributed by atoms with E-state index in [4.69, 9.17) is 0 Å². The molecule has 0 radical (unpaired) electrons. The summed E-state index contributed by atoms with van der Waals surface area (Å²) in [6.45, 7) is 4.49. The number of hydrogen-bond donors (Lipinski definition) is 2. The fraction of sp³-hybridized carbons (Fsp3) is 0.778. The van der Waals surface area contributed by atoms with Crippen LogP contribution < -0.4 is 10.4 Å². The van der Waals surface area contributed by atoms with E-state index in [1.54, 1.807) is 6.92 Å². The monoisotopic (exact) mass is 200 g/mol. The van der Waals surface area contributed by atoms with E-state index in [1.165, 1.54) is 13.8 Å². The van der Waals surface area contributed by atoms with Crippen LogP contribution in [0.1, 0.15) is 20.8 Å². The number of carbonyl (C=O) groups excluding carboxylic acids is 2. The first-order valence-electron chi connectivity index (χ1n) is 4.51. The van der Waals surface area contributed by atoms with Crippen molar-refractivity contribution in [2.24, 2.45) is 11.3 Å². The van der Waals surface area contributed by atoms with E-state index in [9.17, 15) is 19.8 Å². The second kappa shape index (κ2) is 3.24. The Hall–Kier alpha value is -1.10. The zero-order valence-electron chi connectivity index (χ0n) is 8.40. The van der Waals surface area contributed by atoms with Crippen LogP contribution in [-0.4, -0.2) is 29.1 Å². The molecule has 0 aliphatic carbocycles. The summed E-state index contributed by atoms with van der Waals surface area (Å²) in [5.74, 6) is -2.33. The topological polar surface area (TPSA) is 89.5 Å². The first kappa shape index (κ1) is 11.0. The first-order chi connectivity index (χ1) is 6.31. The lowest BCUT2D eigenvalue weighted by Gasteiger charge is -2.51. The summed E-state index contributed by atoms with van der Waals surface area (Å²) in [7, 11) is 0. The number of amides is 1. The maximum atomic E-state index is 11.2. The minimum absolute atomic E-state index is 0.314. The number of aliphatic hydroxyl groups is 1. The van der Waals surface area contributed by atoms with Crippen LogP contribution in [-0.2, 0) is 9.59 Å². The number of rotatable bonds is 3. The average molecular weight is 200 g/mol. The van der Waals surface area contributed by atoms with E-state index in [0.717, 1.165) is 0 Å². The third-order valence-electron chi connectivity index (χ3n) is 3.16. The third-order valence-corrected chi connectivity index (χ3v) is 3.16. The molecule has 1 saturated heterocycles. The predicted molar refractivity (Wildman–Crippen MR) is 45.9 cm³/mol. The van der Waals surface area contributed by atoms with Gasteiger partial charge < -0.3 is 20.3 Å². The quantitative estimate of drug-likeness (QED) is 0.529. The average Bonchev–Trinajstić information content (AvgIpc) is 2.10. The van der Waals surface area contributed by atoms with Crippen molar-refractivity contribution in [3.05, 3.63) is 0 Å². The van der Waals surface area contributed by atoms with Crippen molar-refractivity contribution in [1.82, 2.24) is 5.32 Å². The van der Waals surface area contributed by atoms with Crippen LogP contribution in [0, 0.1) is 11.3 Å². The lowest BCUT2D eigenvalue weighted by Crippen LogP contribution is -2.73. The highest BCUT2D eigenvalue weighted by Gasteiger charge is 2.56. The molecular formula is C9H14NO4-. The van der Waals surface area contributed by atoms with Gasteiger partial charge in [-0.1, -0.05) is 6.92 Å². The van der Waals surface area contributed by atoms with Crippen LogP contribution in [0.25, 0.3) is 0 Å². The first-order valence-corrected chi connectivity index (χ1v) is 4.51. The molecule has 1 aliphatic rings. The Bertz CT molecular complexity index is 276. The fourth-order valence-corrected chi connectivity index (χ4v) is 1.74. The van der Waals surface area contributed by atoms with Gasteiger partial charge in [-0.15, -0.1) is 0 Å². The molecule has 5 heteroatoms. The summed E-state index contributed by atoms with van der Waals surface area (Å²) in [6, 6.07) is -0.556. The number of carboxylic acids is 1. The van der Waals surface area contributed by atoms with Gasteiger partial charge in [-0.25, -0.2) is 0 Å². The SMILES string of the molecule is CC(C(=O)[O-])C1NC(=O)[C@]1(C)[C@H](C)O. The zero-order valence-corrected chi connectivity index (χ0v) is 8.40. The van der Waals surface area contributed by atoms with Gasteiger partial charge in [-0.2, -0.15) is 0 Å². The Labute approximate surface area is 82.1 Å². The molecule has 4 atom stereocenters. The van der Waals surface area contributed by atoms with Crippen LogP contribution >= 0.6 is 0 Å².